The molecule has 1 aromatic carbocycles. The summed E-state index contributed by atoms with van der Waals surface area (Å²) in [5.41, 5.74) is -1.41. The van der Waals surface area contributed by atoms with Crippen LogP contribution in [0.2, 0.25) is 0 Å². The van der Waals surface area contributed by atoms with Crippen LogP contribution in [0.5, 0.6) is 0 Å². The molecule has 7 heteroatoms. The van der Waals surface area contributed by atoms with Gasteiger partial charge in [0.25, 0.3) is 5.69 Å². The molecule has 0 aliphatic heterocycles. The van der Waals surface area contributed by atoms with E-state index in [2.05, 4.69) is 5.32 Å². The van der Waals surface area contributed by atoms with E-state index in [1.54, 1.807) is 6.92 Å². The summed E-state index contributed by atoms with van der Waals surface area (Å²) in [7, 11) is 0. The first-order chi connectivity index (χ1) is 9.25. The standard InChI is InChI=1S/C13H17F3N2O2/c1-3-6-17-9(2)7-10-4-5-11(18(19)20)8-12(10)13(14,15)16/h4-5,8-9,17H,3,6-7H2,1-2H3. The molecule has 0 amide bonds. The van der Waals surface area contributed by atoms with E-state index in [1.165, 1.54) is 6.07 Å². The summed E-state index contributed by atoms with van der Waals surface area (Å²) in [4.78, 5) is 9.76. The van der Waals surface area contributed by atoms with E-state index in [1.807, 2.05) is 6.92 Å². The monoisotopic (exact) mass is 290 g/mol. The zero-order chi connectivity index (χ0) is 15.3. The summed E-state index contributed by atoms with van der Waals surface area (Å²) >= 11 is 0. The molecule has 0 saturated carbocycles. The van der Waals surface area contributed by atoms with Gasteiger partial charge in [-0.2, -0.15) is 13.2 Å². The van der Waals surface area contributed by atoms with E-state index in [9.17, 15) is 23.3 Å². The van der Waals surface area contributed by atoms with Crippen molar-refractivity contribution < 1.29 is 18.1 Å². The molecular formula is C13H17F3N2O2. The quantitative estimate of drug-likeness (QED) is 0.644. The Morgan fingerprint density at radius 3 is 2.55 bits per heavy atom. The second-order valence-corrected chi connectivity index (χ2v) is 4.66. The minimum atomic E-state index is -4.59. The Bertz CT molecular complexity index is 475. The normalized spacial score (nSPS) is 13.2. The highest BCUT2D eigenvalue weighted by Gasteiger charge is 2.35. The molecule has 0 radical (unpaired) electrons. The molecule has 1 rings (SSSR count). The van der Waals surface area contributed by atoms with Gasteiger partial charge in [-0.1, -0.05) is 13.0 Å². The van der Waals surface area contributed by atoms with Crippen molar-refractivity contribution in [1.82, 2.24) is 5.32 Å². The van der Waals surface area contributed by atoms with Crippen molar-refractivity contribution in [3.8, 4) is 0 Å². The number of nitrogens with zero attached hydrogens (tertiary/aromatic N) is 1. The average molecular weight is 290 g/mol. The van der Waals surface area contributed by atoms with Crippen LogP contribution >= 0.6 is 0 Å². The number of halogens is 3. The summed E-state index contributed by atoms with van der Waals surface area (Å²) in [6, 6.07) is 2.77. The smallest absolute Gasteiger partial charge is 0.314 e. The van der Waals surface area contributed by atoms with E-state index in [0.29, 0.717) is 6.07 Å². The van der Waals surface area contributed by atoms with Crippen LogP contribution in [-0.4, -0.2) is 17.5 Å². The largest absolute Gasteiger partial charge is 0.416 e. The molecule has 1 aromatic rings. The van der Waals surface area contributed by atoms with Gasteiger partial charge in [-0.15, -0.1) is 0 Å². The molecular weight excluding hydrogens is 273 g/mol. The van der Waals surface area contributed by atoms with Crippen LogP contribution in [0.3, 0.4) is 0 Å². The van der Waals surface area contributed by atoms with Gasteiger partial charge < -0.3 is 5.32 Å². The molecule has 1 N–H and O–H groups in total. The summed E-state index contributed by atoms with van der Waals surface area (Å²) in [5, 5.41) is 13.7. The third-order valence-corrected chi connectivity index (χ3v) is 2.88. The Hall–Kier alpha value is -1.63. The molecule has 4 nitrogen and oxygen atoms in total. The lowest BCUT2D eigenvalue weighted by molar-refractivity contribution is -0.385. The highest BCUT2D eigenvalue weighted by molar-refractivity contribution is 5.41. The maximum atomic E-state index is 13.0. The molecule has 0 aromatic heterocycles. The van der Waals surface area contributed by atoms with Crippen LogP contribution < -0.4 is 5.32 Å². The summed E-state index contributed by atoms with van der Waals surface area (Å²) in [6.07, 6.45) is -3.53. The molecule has 0 heterocycles. The van der Waals surface area contributed by atoms with Gasteiger partial charge in [0.2, 0.25) is 0 Å². The van der Waals surface area contributed by atoms with E-state index >= 15 is 0 Å². The van der Waals surface area contributed by atoms with Crippen LogP contribution in [0.25, 0.3) is 0 Å². The molecule has 1 unspecified atom stereocenters. The van der Waals surface area contributed by atoms with Gasteiger partial charge in [0.1, 0.15) is 0 Å². The van der Waals surface area contributed by atoms with Gasteiger partial charge in [0.05, 0.1) is 10.5 Å². The number of hydrogen-bond donors (Lipinski definition) is 1. The highest BCUT2D eigenvalue weighted by Crippen LogP contribution is 2.34. The molecule has 0 saturated heterocycles. The number of nitrogens with one attached hydrogen (secondary N) is 1. The first-order valence-electron chi connectivity index (χ1n) is 6.33. The minimum Gasteiger partial charge on any atom is -0.314 e. The maximum Gasteiger partial charge on any atom is 0.416 e. The minimum absolute atomic E-state index is 0.0687. The zero-order valence-corrected chi connectivity index (χ0v) is 11.3. The first kappa shape index (κ1) is 16.4. The van der Waals surface area contributed by atoms with Gasteiger partial charge in [0.15, 0.2) is 0 Å². The van der Waals surface area contributed by atoms with Gasteiger partial charge in [0, 0.05) is 18.2 Å². The zero-order valence-electron chi connectivity index (χ0n) is 11.3. The Labute approximate surface area is 115 Å². The van der Waals surface area contributed by atoms with Crippen LogP contribution in [0.15, 0.2) is 18.2 Å². The van der Waals surface area contributed by atoms with Crippen LogP contribution in [0.1, 0.15) is 31.4 Å². The van der Waals surface area contributed by atoms with E-state index in [0.717, 1.165) is 19.0 Å². The molecule has 112 valence electrons. The number of non-ortho nitro benzene ring substituents is 1. The average Bonchev–Trinajstić information content (AvgIpc) is 2.35. The Morgan fingerprint density at radius 2 is 2.05 bits per heavy atom. The van der Waals surface area contributed by atoms with Crippen molar-refractivity contribution >= 4 is 5.69 Å². The lowest BCUT2D eigenvalue weighted by Crippen LogP contribution is -2.29. The van der Waals surface area contributed by atoms with E-state index in [-0.39, 0.29) is 18.0 Å². The fourth-order valence-corrected chi connectivity index (χ4v) is 1.91. The number of alkyl halides is 3. The first-order valence-corrected chi connectivity index (χ1v) is 6.33. The number of benzene rings is 1. The van der Waals surface area contributed by atoms with E-state index < -0.39 is 22.4 Å². The Balaban J connectivity index is 3.03. The lowest BCUT2D eigenvalue weighted by atomic mass is 9.99. The van der Waals surface area contributed by atoms with Crippen molar-refractivity contribution in [2.24, 2.45) is 0 Å². The Morgan fingerprint density at radius 1 is 1.40 bits per heavy atom. The van der Waals surface area contributed by atoms with Crippen LogP contribution in [0.4, 0.5) is 18.9 Å². The van der Waals surface area contributed by atoms with Crippen molar-refractivity contribution in [3.05, 3.63) is 39.4 Å². The van der Waals surface area contributed by atoms with Gasteiger partial charge in [-0.3, -0.25) is 10.1 Å². The summed E-state index contributed by atoms with van der Waals surface area (Å²) in [6.45, 7) is 4.47. The SMILES string of the molecule is CCCNC(C)Cc1ccc([N+](=O)[O-])cc1C(F)(F)F. The van der Waals surface area contributed by atoms with Gasteiger partial charge >= 0.3 is 6.18 Å². The second-order valence-electron chi connectivity index (χ2n) is 4.66. The lowest BCUT2D eigenvalue weighted by Gasteiger charge is -2.17. The highest BCUT2D eigenvalue weighted by atomic mass is 19.4. The van der Waals surface area contributed by atoms with Gasteiger partial charge in [-0.05, 0) is 31.9 Å². The van der Waals surface area contributed by atoms with Crippen molar-refractivity contribution in [2.75, 3.05) is 6.54 Å². The van der Waals surface area contributed by atoms with E-state index in [4.69, 9.17) is 0 Å². The number of nitro groups is 1. The predicted molar refractivity (Wildman–Crippen MR) is 69.6 cm³/mol. The van der Waals surface area contributed by atoms with Gasteiger partial charge in [-0.25, -0.2) is 0 Å². The number of rotatable bonds is 6. The maximum absolute atomic E-state index is 13.0. The number of nitro benzene ring substituents is 1. The second kappa shape index (κ2) is 6.69. The Kier molecular flexibility index (Phi) is 5.50. The molecule has 0 bridgehead atoms. The molecule has 1 atom stereocenters. The summed E-state index contributed by atoms with van der Waals surface area (Å²) < 4.78 is 38.9. The predicted octanol–water partition coefficient (Wildman–Crippen LogP) is 3.54. The fraction of sp³-hybridized carbons (Fsp3) is 0.538. The molecule has 0 aliphatic rings. The topological polar surface area (TPSA) is 55.2 Å². The molecule has 0 aliphatic carbocycles. The van der Waals surface area contributed by atoms with Crippen LogP contribution in [0, 0.1) is 10.1 Å². The third-order valence-electron chi connectivity index (χ3n) is 2.88. The molecule has 0 spiro atoms. The molecule has 0 fully saturated rings. The number of hydrogen-bond acceptors (Lipinski definition) is 3. The molecule has 20 heavy (non-hydrogen) atoms. The third kappa shape index (κ3) is 4.48. The van der Waals surface area contributed by atoms with Crippen molar-refractivity contribution in [3.63, 3.8) is 0 Å². The summed E-state index contributed by atoms with van der Waals surface area (Å²) in [5.74, 6) is 0. The van der Waals surface area contributed by atoms with Crippen molar-refractivity contribution in [1.29, 1.82) is 0 Å². The van der Waals surface area contributed by atoms with Crippen LogP contribution in [-0.2, 0) is 12.6 Å². The fourth-order valence-electron chi connectivity index (χ4n) is 1.91. The van der Waals surface area contributed by atoms with Crippen molar-refractivity contribution in [2.45, 2.75) is 38.9 Å².